The van der Waals surface area contributed by atoms with Crippen LogP contribution in [0.3, 0.4) is 0 Å². The van der Waals surface area contributed by atoms with Gasteiger partial charge in [-0.2, -0.15) is 5.26 Å². The van der Waals surface area contributed by atoms with E-state index < -0.39 is 5.91 Å². The van der Waals surface area contributed by atoms with Crippen LogP contribution in [0.1, 0.15) is 11.1 Å². The summed E-state index contributed by atoms with van der Waals surface area (Å²) < 4.78 is 12.4. The molecule has 4 rings (SSSR count). The number of ether oxygens (including phenoxy) is 2. The molecule has 0 aromatic heterocycles. The number of fused-ring (bicyclic) bond motifs is 1. The molecule has 4 aromatic carbocycles. The van der Waals surface area contributed by atoms with Gasteiger partial charge in [0.1, 0.15) is 18.2 Å². The van der Waals surface area contributed by atoms with Crippen LogP contribution in [0.2, 0.25) is 0 Å². The lowest BCUT2D eigenvalue weighted by Crippen LogP contribution is -2.13. The lowest BCUT2D eigenvalue weighted by molar-refractivity contribution is -0.112. The summed E-state index contributed by atoms with van der Waals surface area (Å²) in [5.74, 6) is 0.603. The highest BCUT2D eigenvalue weighted by molar-refractivity contribution is 9.10. The summed E-state index contributed by atoms with van der Waals surface area (Å²) in [6, 6.07) is 28.8. The molecule has 6 heteroatoms. The average molecular weight is 513 g/mol. The molecule has 1 N–H and O–H groups in total. The van der Waals surface area contributed by atoms with Gasteiger partial charge in [-0.25, -0.2) is 0 Å². The normalized spacial score (nSPS) is 11.0. The Kier molecular flexibility index (Phi) is 7.26. The highest BCUT2D eigenvalue weighted by Gasteiger charge is 2.11. The van der Waals surface area contributed by atoms with Gasteiger partial charge in [-0.3, -0.25) is 4.79 Å². The Labute approximate surface area is 206 Å². The van der Waals surface area contributed by atoms with E-state index in [2.05, 4.69) is 45.5 Å². The summed E-state index contributed by atoms with van der Waals surface area (Å²) in [7, 11) is 1.55. The van der Waals surface area contributed by atoms with E-state index in [-0.39, 0.29) is 5.57 Å². The molecule has 0 fully saturated rings. The predicted octanol–water partition coefficient (Wildman–Crippen LogP) is 6.74. The number of nitrogens with one attached hydrogen (secondary N) is 1. The average Bonchev–Trinajstić information content (AvgIpc) is 2.87. The number of carbonyl (C=O) groups excluding carboxylic acids is 1. The first-order valence-electron chi connectivity index (χ1n) is 10.5. The monoisotopic (exact) mass is 512 g/mol. The molecule has 4 aromatic rings. The third-order valence-corrected chi connectivity index (χ3v) is 5.70. The summed E-state index contributed by atoms with van der Waals surface area (Å²) in [6.45, 7) is 0.384. The van der Waals surface area contributed by atoms with E-state index in [9.17, 15) is 10.1 Å². The van der Waals surface area contributed by atoms with Gasteiger partial charge in [-0.1, -0.05) is 58.4 Å². The van der Waals surface area contributed by atoms with E-state index in [0.29, 0.717) is 29.4 Å². The number of benzene rings is 4. The maximum atomic E-state index is 12.5. The molecule has 0 spiro atoms. The molecule has 1 amide bonds. The van der Waals surface area contributed by atoms with Crippen molar-refractivity contribution in [1.82, 2.24) is 0 Å². The van der Waals surface area contributed by atoms with Gasteiger partial charge in [-0.05, 0) is 70.4 Å². The van der Waals surface area contributed by atoms with Gasteiger partial charge in [0.15, 0.2) is 11.5 Å². The first-order valence-corrected chi connectivity index (χ1v) is 11.3. The first-order chi connectivity index (χ1) is 16.6. The standard InChI is InChI=1S/C28H21BrN2O3/c1-33-27-16-19(14-23(17-30)28(32)31-25-11-9-24(29)10-12-25)7-13-26(27)34-18-20-6-8-21-4-2-3-5-22(21)15-20/h2-16H,18H2,1H3,(H,31,32)/b23-14-. The molecule has 5 nitrogen and oxygen atoms in total. The van der Waals surface area contributed by atoms with Gasteiger partial charge < -0.3 is 14.8 Å². The summed E-state index contributed by atoms with van der Waals surface area (Å²) in [6.07, 6.45) is 1.52. The van der Waals surface area contributed by atoms with E-state index in [4.69, 9.17) is 9.47 Å². The third kappa shape index (κ3) is 5.64. The van der Waals surface area contributed by atoms with E-state index in [1.807, 2.05) is 36.4 Å². The van der Waals surface area contributed by atoms with Crippen LogP contribution in [0.25, 0.3) is 16.8 Å². The molecule has 0 heterocycles. The summed E-state index contributed by atoms with van der Waals surface area (Å²) in [4.78, 5) is 12.5. The van der Waals surface area contributed by atoms with Crippen LogP contribution in [0, 0.1) is 11.3 Å². The quantitative estimate of drug-likeness (QED) is 0.220. The zero-order valence-electron chi connectivity index (χ0n) is 18.4. The lowest BCUT2D eigenvalue weighted by Gasteiger charge is -2.12. The molecule has 0 saturated carbocycles. The largest absolute Gasteiger partial charge is 0.493 e. The Balaban J connectivity index is 1.48. The van der Waals surface area contributed by atoms with Crippen molar-refractivity contribution in [2.24, 2.45) is 0 Å². The number of carbonyl (C=O) groups is 1. The number of amides is 1. The smallest absolute Gasteiger partial charge is 0.266 e. The third-order valence-electron chi connectivity index (χ3n) is 5.17. The molecule has 0 radical (unpaired) electrons. The van der Waals surface area contributed by atoms with Crippen LogP contribution in [0.4, 0.5) is 5.69 Å². The number of hydrogen-bond acceptors (Lipinski definition) is 4. The fourth-order valence-corrected chi connectivity index (χ4v) is 3.69. The molecule has 34 heavy (non-hydrogen) atoms. The van der Waals surface area contributed by atoms with Crippen molar-refractivity contribution in [1.29, 1.82) is 5.26 Å². The Morgan fingerprint density at radius 2 is 1.74 bits per heavy atom. The second-order valence-electron chi connectivity index (χ2n) is 7.51. The number of nitriles is 1. The highest BCUT2D eigenvalue weighted by Crippen LogP contribution is 2.30. The van der Waals surface area contributed by atoms with E-state index in [1.165, 1.54) is 11.5 Å². The highest BCUT2D eigenvalue weighted by atomic mass is 79.9. The van der Waals surface area contributed by atoms with Crippen molar-refractivity contribution in [3.63, 3.8) is 0 Å². The Morgan fingerprint density at radius 3 is 2.47 bits per heavy atom. The summed E-state index contributed by atoms with van der Waals surface area (Å²) in [5, 5.41) is 14.6. The Morgan fingerprint density at radius 1 is 0.971 bits per heavy atom. The minimum Gasteiger partial charge on any atom is -0.493 e. The topological polar surface area (TPSA) is 71.3 Å². The summed E-state index contributed by atoms with van der Waals surface area (Å²) >= 11 is 3.35. The van der Waals surface area contributed by atoms with Crippen LogP contribution in [-0.4, -0.2) is 13.0 Å². The zero-order chi connectivity index (χ0) is 23.9. The molecule has 0 unspecified atom stereocenters. The zero-order valence-corrected chi connectivity index (χ0v) is 20.0. The molecule has 0 atom stereocenters. The molecule has 168 valence electrons. The van der Waals surface area contributed by atoms with Crippen LogP contribution < -0.4 is 14.8 Å². The molecule has 0 aliphatic carbocycles. The van der Waals surface area contributed by atoms with Gasteiger partial charge in [0.05, 0.1) is 7.11 Å². The maximum absolute atomic E-state index is 12.5. The van der Waals surface area contributed by atoms with Gasteiger partial charge in [0.25, 0.3) is 5.91 Å². The molecule has 0 aliphatic rings. The SMILES string of the molecule is COc1cc(/C=C(/C#N)C(=O)Nc2ccc(Br)cc2)ccc1OCc1ccc2ccccc2c1. The van der Waals surface area contributed by atoms with Crippen molar-refractivity contribution in [2.75, 3.05) is 12.4 Å². The fourth-order valence-electron chi connectivity index (χ4n) is 3.43. The molecule has 0 saturated heterocycles. The lowest BCUT2D eigenvalue weighted by atomic mass is 10.1. The number of methoxy groups -OCH3 is 1. The maximum Gasteiger partial charge on any atom is 0.266 e. The van der Waals surface area contributed by atoms with Crippen molar-refractivity contribution >= 4 is 44.4 Å². The molecule has 0 bridgehead atoms. The van der Waals surface area contributed by atoms with Crippen molar-refractivity contribution in [3.05, 3.63) is 106 Å². The minimum absolute atomic E-state index is 0.0187. The van der Waals surface area contributed by atoms with E-state index in [1.54, 1.807) is 37.4 Å². The van der Waals surface area contributed by atoms with Crippen LogP contribution in [0.5, 0.6) is 11.5 Å². The van der Waals surface area contributed by atoms with Gasteiger partial charge >= 0.3 is 0 Å². The van der Waals surface area contributed by atoms with Gasteiger partial charge in [-0.15, -0.1) is 0 Å². The second-order valence-corrected chi connectivity index (χ2v) is 8.43. The number of rotatable bonds is 7. The number of nitrogens with zero attached hydrogens (tertiary/aromatic N) is 1. The van der Waals surface area contributed by atoms with E-state index >= 15 is 0 Å². The predicted molar refractivity (Wildman–Crippen MR) is 138 cm³/mol. The van der Waals surface area contributed by atoms with Crippen LogP contribution in [0.15, 0.2) is 95.0 Å². The summed E-state index contributed by atoms with van der Waals surface area (Å²) in [5.41, 5.74) is 2.28. The van der Waals surface area contributed by atoms with Gasteiger partial charge in [0, 0.05) is 10.2 Å². The van der Waals surface area contributed by atoms with Crippen LogP contribution >= 0.6 is 15.9 Å². The number of anilines is 1. The van der Waals surface area contributed by atoms with Crippen molar-refractivity contribution < 1.29 is 14.3 Å². The van der Waals surface area contributed by atoms with E-state index in [0.717, 1.165) is 15.4 Å². The Hall–Kier alpha value is -4.08. The van der Waals surface area contributed by atoms with Crippen molar-refractivity contribution in [2.45, 2.75) is 6.61 Å². The number of hydrogen-bond donors (Lipinski definition) is 1. The molecular weight excluding hydrogens is 492 g/mol. The molecule has 0 aliphatic heterocycles. The first kappa shape index (κ1) is 23.1. The second kappa shape index (κ2) is 10.7. The number of halogens is 1. The fraction of sp³-hybridized carbons (Fsp3) is 0.0714. The van der Waals surface area contributed by atoms with Crippen LogP contribution in [-0.2, 0) is 11.4 Å². The van der Waals surface area contributed by atoms with Crippen molar-refractivity contribution in [3.8, 4) is 17.6 Å². The molecular formula is C28H21BrN2O3. The minimum atomic E-state index is -0.486. The van der Waals surface area contributed by atoms with Gasteiger partial charge in [0.2, 0.25) is 0 Å². The Bertz CT molecular complexity index is 1410.